The Morgan fingerprint density at radius 3 is 3.00 bits per heavy atom. The molecule has 0 unspecified atom stereocenters. The zero-order valence-electron chi connectivity index (χ0n) is 12.9. The highest BCUT2D eigenvalue weighted by Crippen LogP contribution is 2.31. The molecule has 1 aromatic heterocycles. The first-order valence-corrected chi connectivity index (χ1v) is 9.20. The van der Waals surface area contributed by atoms with E-state index in [0.717, 1.165) is 15.6 Å². The number of thiophene rings is 1. The van der Waals surface area contributed by atoms with Crippen LogP contribution < -0.4 is 0 Å². The van der Waals surface area contributed by atoms with Gasteiger partial charge in [0.15, 0.2) is 0 Å². The predicted octanol–water partition coefficient (Wildman–Crippen LogP) is 2.25. The number of rotatable bonds is 2. The molecule has 1 N–H and O–H groups in total. The van der Waals surface area contributed by atoms with Crippen molar-refractivity contribution in [1.29, 1.82) is 0 Å². The average Bonchev–Trinajstić information content (AvgIpc) is 2.94. The van der Waals surface area contributed by atoms with E-state index in [2.05, 4.69) is 0 Å². The van der Waals surface area contributed by atoms with Gasteiger partial charge in [-0.15, -0.1) is 11.3 Å². The lowest BCUT2D eigenvalue weighted by Crippen LogP contribution is -2.62. The van der Waals surface area contributed by atoms with Crippen molar-refractivity contribution >= 4 is 44.8 Å². The number of halogens is 1. The maximum absolute atomic E-state index is 12.8. The van der Waals surface area contributed by atoms with E-state index in [1.165, 1.54) is 0 Å². The number of aliphatic hydroxyl groups excluding tert-OH is 1. The number of aliphatic hydroxyl groups is 1. The molecule has 2 amide bonds. The summed E-state index contributed by atoms with van der Waals surface area (Å²) in [4.78, 5) is 28.4. The Labute approximate surface area is 148 Å². The highest BCUT2D eigenvalue weighted by atomic mass is 35.5. The van der Waals surface area contributed by atoms with Crippen LogP contribution >= 0.6 is 22.9 Å². The summed E-state index contributed by atoms with van der Waals surface area (Å²) in [5.74, 6) is -0.112. The molecule has 2 aliphatic heterocycles. The molecular weight excluding hydrogens is 348 g/mol. The molecule has 24 heavy (non-hydrogen) atoms. The number of hydrogen-bond donors (Lipinski definition) is 1. The van der Waals surface area contributed by atoms with Gasteiger partial charge in [0.1, 0.15) is 12.6 Å². The summed E-state index contributed by atoms with van der Waals surface area (Å²) in [6.45, 7) is 0.954. The number of hydrogen-bond acceptors (Lipinski definition) is 4. The molecule has 4 rings (SSSR count). The van der Waals surface area contributed by atoms with Crippen LogP contribution in [-0.2, 0) is 16.1 Å². The summed E-state index contributed by atoms with van der Waals surface area (Å²) >= 11 is 7.69. The lowest BCUT2D eigenvalue weighted by Gasteiger charge is -2.44. The first-order valence-electron chi connectivity index (χ1n) is 7.95. The van der Waals surface area contributed by atoms with Crippen molar-refractivity contribution < 1.29 is 14.7 Å². The number of nitrogens with zero attached hydrogens (tertiary/aromatic N) is 2. The van der Waals surface area contributed by atoms with Crippen LogP contribution in [0.2, 0.25) is 5.02 Å². The largest absolute Gasteiger partial charge is 0.393 e. The molecule has 0 aliphatic carbocycles. The third-order valence-electron chi connectivity index (χ3n) is 4.79. The van der Waals surface area contributed by atoms with Gasteiger partial charge in [-0.1, -0.05) is 11.6 Å². The monoisotopic (exact) mass is 364 g/mol. The SMILES string of the molecule is O=C1[C@@H]2C[C@H](O)CCN2C(=O)CN1Cc1csc2ccc(Cl)cc12. The summed E-state index contributed by atoms with van der Waals surface area (Å²) < 4.78 is 1.11. The highest BCUT2D eigenvalue weighted by molar-refractivity contribution is 7.17. The molecular formula is C17H17ClN2O3S. The summed E-state index contributed by atoms with van der Waals surface area (Å²) in [5.41, 5.74) is 1.00. The number of piperazine rings is 1. The van der Waals surface area contributed by atoms with Gasteiger partial charge in [0.2, 0.25) is 11.8 Å². The molecule has 2 aromatic rings. The lowest BCUT2D eigenvalue weighted by molar-refractivity contribution is -0.160. The normalized spacial score (nSPS) is 24.6. The average molecular weight is 365 g/mol. The van der Waals surface area contributed by atoms with Crippen molar-refractivity contribution in [3.05, 3.63) is 34.2 Å². The second kappa shape index (κ2) is 6.02. The van der Waals surface area contributed by atoms with Crippen LogP contribution in [0.4, 0.5) is 0 Å². The van der Waals surface area contributed by atoms with Gasteiger partial charge in [-0.3, -0.25) is 9.59 Å². The van der Waals surface area contributed by atoms with E-state index in [1.807, 2.05) is 23.6 Å². The number of amides is 2. The van der Waals surface area contributed by atoms with Crippen LogP contribution in [0.5, 0.6) is 0 Å². The Balaban J connectivity index is 1.60. The molecule has 0 spiro atoms. The fraction of sp³-hybridized carbons (Fsp3) is 0.412. The predicted molar refractivity (Wildman–Crippen MR) is 93.0 cm³/mol. The van der Waals surface area contributed by atoms with Crippen LogP contribution in [0.25, 0.3) is 10.1 Å². The van der Waals surface area contributed by atoms with Crippen LogP contribution in [0.1, 0.15) is 18.4 Å². The smallest absolute Gasteiger partial charge is 0.246 e. The topological polar surface area (TPSA) is 60.9 Å². The molecule has 2 saturated heterocycles. The molecule has 2 aliphatic rings. The molecule has 5 nitrogen and oxygen atoms in total. The van der Waals surface area contributed by atoms with Gasteiger partial charge in [-0.2, -0.15) is 0 Å². The van der Waals surface area contributed by atoms with Gasteiger partial charge in [0.05, 0.1) is 6.10 Å². The maximum Gasteiger partial charge on any atom is 0.246 e. The van der Waals surface area contributed by atoms with Crippen molar-refractivity contribution in [2.45, 2.75) is 31.5 Å². The van der Waals surface area contributed by atoms with E-state index in [0.29, 0.717) is 31.0 Å². The second-order valence-electron chi connectivity index (χ2n) is 6.38. The first kappa shape index (κ1) is 15.9. The van der Waals surface area contributed by atoms with E-state index in [1.54, 1.807) is 21.1 Å². The van der Waals surface area contributed by atoms with E-state index < -0.39 is 12.1 Å². The van der Waals surface area contributed by atoms with Crippen molar-refractivity contribution in [1.82, 2.24) is 9.80 Å². The molecule has 2 fully saturated rings. The Bertz CT molecular complexity index is 821. The standard InChI is InChI=1S/C17H17ClN2O3S/c18-11-1-2-15-13(5-11)10(9-24-15)7-19-8-16(22)20-4-3-12(21)6-14(20)17(19)23/h1-2,5,9,12,14,21H,3-4,6-8H2/t12-,14+/m1/s1. The van der Waals surface area contributed by atoms with Gasteiger partial charge < -0.3 is 14.9 Å². The molecule has 2 atom stereocenters. The molecule has 3 heterocycles. The summed E-state index contributed by atoms with van der Waals surface area (Å²) in [7, 11) is 0. The quantitative estimate of drug-likeness (QED) is 0.889. The Morgan fingerprint density at radius 2 is 2.17 bits per heavy atom. The second-order valence-corrected chi connectivity index (χ2v) is 7.72. The molecule has 0 saturated carbocycles. The Morgan fingerprint density at radius 1 is 1.33 bits per heavy atom. The molecule has 1 aromatic carbocycles. The van der Waals surface area contributed by atoms with Gasteiger partial charge in [-0.05, 0) is 40.9 Å². The fourth-order valence-electron chi connectivity index (χ4n) is 3.54. The fourth-order valence-corrected chi connectivity index (χ4v) is 4.64. The van der Waals surface area contributed by atoms with Crippen LogP contribution in [-0.4, -0.2) is 52.0 Å². The Kier molecular flexibility index (Phi) is 3.98. The summed E-state index contributed by atoms with van der Waals surface area (Å²) in [6, 6.07) is 5.19. The summed E-state index contributed by atoms with van der Waals surface area (Å²) in [5, 5.41) is 13.5. The van der Waals surface area contributed by atoms with Crippen LogP contribution in [0, 0.1) is 0 Å². The molecule has 0 radical (unpaired) electrons. The minimum Gasteiger partial charge on any atom is -0.393 e. The number of piperidine rings is 1. The number of carbonyl (C=O) groups excluding carboxylic acids is 2. The zero-order chi connectivity index (χ0) is 16.8. The molecule has 0 bridgehead atoms. The Hall–Kier alpha value is -1.63. The van der Waals surface area contributed by atoms with Gasteiger partial charge >= 0.3 is 0 Å². The number of benzene rings is 1. The van der Waals surface area contributed by atoms with E-state index >= 15 is 0 Å². The minimum absolute atomic E-state index is 0.0379. The van der Waals surface area contributed by atoms with Gasteiger partial charge in [-0.25, -0.2) is 0 Å². The first-order chi connectivity index (χ1) is 11.5. The molecule has 126 valence electrons. The minimum atomic E-state index is -0.525. The molecule has 7 heteroatoms. The van der Waals surface area contributed by atoms with E-state index in [4.69, 9.17) is 11.6 Å². The van der Waals surface area contributed by atoms with Gasteiger partial charge in [0.25, 0.3) is 0 Å². The third kappa shape index (κ3) is 2.68. The van der Waals surface area contributed by atoms with Crippen LogP contribution in [0.3, 0.4) is 0 Å². The van der Waals surface area contributed by atoms with Crippen molar-refractivity contribution in [3.8, 4) is 0 Å². The van der Waals surface area contributed by atoms with Crippen molar-refractivity contribution in [3.63, 3.8) is 0 Å². The van der Waals surface area contributed by atoms with E-state index in [9.17, 15) is 14.7 Å². The van der Waals surface area contributed by atoms with Crippen LogP contribution in [0.15, 0.2) is 23.6 Å². The number of carbonyl (C=O) groups is 2. The van der Waals surface area contributed by atoms with Crippen molar-refractivity contribution in [2.75, 3.05) is 13.1 Å². The number of fused-ring (bicyclic) bond motifs is 2. The highest BCUT2D eigenvalue weighted by Gasteiger charge is 2.42. The maximum atomic E-state index is 12.8. The zero-order valence-corrected chi connectivity index (χ0v) is 14.5. The van der Waals surface area contributed by atoms with E-state index in [-0.39, 0.29) is 18.4 Å². The third-order valence-corrected chi connectivity index (χ3v) is 6.04. The van der Waals surface area contributed by atoms with Crippen molar-refractivity contribution in [2.24, 2.45) is 0 Å². The van der Waals surface area contributed by atoms with Gasteiger partial charge in [0, 0.05) is 29.2 Å². The summed E-state index contributed by atoms with van der Waals surface area (Å²) in [6.07, 6.45) is 0.365. The lowest BCUT2D eigenvalue weighted by atomic mass is 9.96.